The van der Waals surface area contributed by atoms with Gasteiger partial charge in [-0.05, 0) is 42.3 Å². The molecule has 0 aliphatic rings. The fraction of sp³-hybridized carbons (Fsp3) is 0.167. The highest BCUT2D eigenvalue weighted by Crippen LogP contribution is 2.10. The third-order valence-electron chi connectivity index (χ3n) is 3.31. The summed E-state index contributed by atoms with van der Waals surface area (Å²) in [5.74, 6) is -0.367. The van der Waals surface area contributed by atoms with E-state index in [0.29, 0.717) is 17.7 Å². The first kappa shape index (κ1) is 16.4. The van der Waals surface area contributed by atoms with Gasteiger partial charge in [-0.25, -0.2) is 5.43 Å². The number of rotatable bonds is 5. The Morgan fingerprint density at radius 1 is 1.09 bits per heavy atom. The molecule has 0 saturated carbocycles. The second-order valence-corrected chi connectivity index (χ2v) is 5.03. The zero-order chi connectivity index (χ0) is 16.7. The molecular formula is C18H19N3O2. The summed E-state index contributed by atoms with van der Waals surface area (Å²) in [6.45, 7) is 3.76. The maximum atomic E-state index is 12.0. The van der Waals surface area contributed by atoms with Gasteiger partial charge in [-0.1, -0.05) is 31.2 Å². The van der Waals surface area contributed by atoms with Gasteiger partial charge < -0.3 is 5.32 Å². The van der Waals surface area contributed by atoms with E-state index in [1.54, 1.807) is 37.4 Å². The molecule has 0 fully saturated rings. The van der Waals surface area contributed by atoms with Crippen molar-refractivity contribution in [3.8, 4) is 0 Å². The summed E-state index contributed by atoms with van der Waals surface area (Å²) in [5, 5.41) is 6.70. The van der Waals surface area contributed by atoms with Crippen LogP contribution in [0.2, 0.25) is 0 Å². The van der Waals surface area contributed by atoms with Crippen LogP contribution < -0.4 is 10.7 Å². The van der Waals surface area contributed by atoms with Crippen LogP contribution in [-0.4, -0.2) is 18.0 Å². The zero-order valence-electron chi connectivity index (χ0n) is 13.2. The maximum absolute atomic E-state index is 12.0. The summed E-state index contributed by atoms with van der Waals surface area (Å²) in [4.78, 5) is 23.3. The van der Waals surface area contributed by atoms with E-state index in [1.165, 1.54) is 0 Å². The van der Waals surface area contributed by atoms with Gasteiger partial charge in [0.1, 0.15) is 0 Å². The topological polar surface area (TPSA) is 70.6 Å². The van der Waals surface area contributed by atoms with E-state index in [-0.39, 0.29) is 11.8 Å². The molecule has 0 spiro atoms. The average Bonchev–Trinajstić information content (AvgIpc) is 2.57. The molecule has 2 N–H and O–H groups in total. The summed E-state index contributed by atoms with van der Waals surface area (Å²) in [7, 11) is 0. The van der Waals surface area contributed by atoms with Crippen molar-refractivity contribution >= 4 is 23.7 Å². The van der Waals surface area contributed by atoms with Crippen molar-refractivity contribution in [1.82, 2.24) is 5.43 Å². The number of nitrogens with one attached hydrogen (secondary N) is 2. The van der Waals surface area contributed by atoms with Crippen molar-refractivity contribution in [3.05, 3.63) is 65.2 Å². The van der Waals surface area contributed by atoms with E-state index in [2.05, 4.69) is 15.8 Å². The molecular weight excluding hydrogens is 290 g/mol. The Labute approximate surface area is 135 Å². The Morgan fingerprint density at radius 3 is 2.43 bits per heavy atom. The van der Waals surface area contributed by atoms with Crippen molar-refractivity contribution in [1.29, 1.82) is 0 Å². The molecule has 2 aromatic carbocycles. The minimum absolute atomic E-state index is 0.0648. The van der Waals surface area contributed by atoms with Crippen molar-refractivity contribution in [2.45, 2.75) is 20.3 Å². The minimum Gasteiger partial charge on any atom is -0.326 e. The van der Waals surface area contributed by atoms with Gasteiger partial charge in [0.15, 0.2) is 0 Å². The van der Waals surface area contributed by atoms with Crippen molar-refractivity contribution < 1.29 is 9.59 Å². The summed E-state index contributed by atoms with van der Waals surface area (Å²) >= 11 is 0. The fourth-order valence-electron chi connectivity index (χ4n) is 1.91. The molecule has 2 aromatic rings. The first-order valence-corrected chi connectivity index (χ1v) is 7.39. The van der Waals surface area contributed by atoms with Gasteiger partial charge >= 0.3 is 0 Å². The molecule has 0 radical (unpaired) electrons. The van der Waals surface area contributed by atoms with Gasteiger partial charge in [0, 0.05) is 17.7 Å². The normalized spacial score (nSPS) is 10.5. The number of benzene rings is 2. The Balaban J connectivity index is 1.96. The third kappa shape index (κ3) is 4.78. The second-order valence-electron chi connectivity index (χ2n) is 5.03. The first-order chi connectivity index (χ1) is 11.1. The molecule has 23 heavy (non-hydrogen) atoms. The summed E-state index contributed by atoms with van der Waals surface area (Å²) in [6, 6.07) is 14.4. The number of amides is 2. The smallest absolute Gasteiger partial charge is 0.271 e. The molecule has 0 aromatic heterocycles. The van der Waals surface area contributed by atoms with E-state index in [1.807, 2.05) is 31.2 Å². The van der Waals surface area contributed by atoms with E-state index in [4.69, 9.17) is 0 Å². The van der Waals surface area contributed by atoms with Crippen molar-refractivity contribution in [2.24, 2.45) is 5.10 Å². The molecule has 0 unspecified atom stereocenters. The number of hydrogen-bond donors (Lipinski definition) is 2. The van der Waals surface area contributed by atoms with Crippen molar-refractivity contribution in [3.63, 3.8) is 0 Å². The highest BCUT2D eigenvalue weighted by molar-refractivity contribution is 5.96. The molecule has 0 aliphatic heterocycles. The first-order valence-electron chi connectivity index (χ1n) is 7.39. The summed E-state index contributed by atoms with van der Waals surface area (Å²) < 4.78 is 0. The highest BCUT2D eigenvalue weighted by Gasteiger charge is 2.05. The lowest BCUT2D eigenvalue weighted by atomic mass is 10.1. The SMILES string of the molecule is CCC(=O)Nc1ccc(C(=O)NN=Cc2ccccc2C)cc1. The molecule has 5 nitrogen and oxygen atoms in total. The second kappa shape index (κ2) is 7.89. The monoisotopic (exact) mass is 309 g/mol. The summed E-state index contributed by atoms with van der Waals surface area (Å²) in [5.41, 5.74) is 5.66. The van der Waals surface area contributed by atoms with Crippen molar-refractivity contribution in [2.75, 3.05) is 5.32 Å². The van der Waals surface area contributed by atoms with Gasteiger partial charge in [-0.15, -0.1) is 0 Å². The number of anilines is 1. The molecule has 0 saturated heterocycles. The maximum Gasteiger partial charge on any atom is 0.271 e. The van der Waals surface area contributed by atoms with Crippen LogP contribution in [0.4, 0.5) is 5.69 Å². The number of carbonyl (C=O) groups is 2. The van der Waals surface area contributed by atoms with Crippen LogP contribution in [0.25, 0.3) is 0 Å². The lowest BCUT2D eigenvalue weighted by molar-refractivity contribution is -0.115. The Kier molecular flexibility index (Phi) is 5.63. The molecule has 2 rings (SSSR count). The van der Waals surface area contributed by atoms with Crippen LogP contribution >= 0.6 is 0 Å². The van der Waals surface area contributed by atoms with E-state index >= 15 is 0 Å². The van der Waals surface area contributed by atoms with Gasteiger partial charge in [0.2, 0.25) is 5.91 Å². The predicted octanol–water partition coefficient (Wildman–Crippen LogP) is 3.11. The van der Waals surface area contributed by atoms with Gasteiger partial charge in [0.25, 0.3) is 5.91 Å². The quantitative estimate of drug-likeness (QED) is 0.658. The van der Waals surface area contributed by atoms with E-state index < -0.39 is 0 Å². The van der Waals surface area contributed by atoms with Crippen LogP contribution in [0, 0.1) is 6.92 Å². The Morgan fingerprint density at radius 2 is 1.78 bits per heavy atom. The number of hydrazone groups is 1. The standard InChI is InChI=1S/C18H19N3O2/c1-3-17(22)20-16-10-8-14(9-11-16)18(23)21-19-12-15-7-5-4-6-13(15)2/h4-12H,3H2,1-2H3,(H,20,22)(H,21,23). The van der Waals surface area contributed by atoms with Gasteiger partial charge in [0.05, 0.1) is 6.21 Å². The average molecular weight is 309 g/mol. The molecule has 0 heterocycles. The summed E-state index contributed by atoms with van der Waals surface area (Å²) in [6.07, 6.45) is 2.03. The molecule has 2 amide bonds. The zero-order valence-corrected chi connectivity index (χ0v) is 13.2. The number of nitrogens with zero attached hydrogens (tertiary/aromatic N) is 1. The third-order valence-corrected chi connectivity index (χ3v) is 3.31. The molecule has 0 aliphatic carbocycles. The van der Waals surface area contributed by atoms with Crippen LogP contribution in [-0.2, 0) is 4.79 Å². The number of carbonyl (C=O) groups excluding carboxylic acids is 2. The van der Waals surface area contributed by atoms with Gasteiger partial charge in [-0.3, -0.25) is 9.59 Å². The molecule has 5 heteroatoms. The largest absolute Gasteiger partial charge is 0.326 e. The number of aryl methyl sites for hydroxylation is 1. The number of hydrogen-bond acceptors (Lipinski definition) is 3. The fourth-order valence-corrected chi connectivity index (χ4v) is 1.91. The van der Waals surface area contributed by atoms with Crippen LogP contribution in [0.3, 0.4) is 0 Å². The Bertz CT molecular complexity index is 721. The lowest BCUT2D eigenvalue weighted by Crippen LogP contribution is -2.17. The molecule has 0 atom stereocenters. The molecule has 118 valence electrons. The van der Waals surface area contributed by atoms with Crippen LogP contribution in [0.15, 0.2) is 53.6 Å². The van der Waals surface area contributed by atoms with E-state index in [0.717, 1.165) is 11.1 Å². The van der Waals surface area contributed by atoms with E-state index in [9.17, 15) is 9.59 Å². The van der Waals surface area contributed by atoms with Crippen LogP contribution in [0.5, 0.6) is 0 Å². The highest BCUT2D eigenvalue weighted by atomic mass is 16.2. The predicted molar refractivity (Wildman–Crippen MR) is 91.6 cm³/mol. The van der Waals surface area contributed by atoms with Crippen LogP contribution in [0.1, 0.15) is 34.8 Å². The van der Waals surface area contributed by atoms with Gasteiger partial charge in [-0.2, -0.15) is 5.10 Å². The Hall–Kier alpha value is -2.95. The minimum atomic E-state index is -0.303. The molecule has 0 bridgehead atoms. The lowest BCUT2D eigenvalue weighted by Gasteiger charge is -2.05.